The largest absolute Gasteiger partial charge is 0.358 e. The first-order valence-electron chi connectivity index (χ1n) is 8.04. The molecule has 120 valence electrons. The Morgan fingerprint density at radius 2 is 1.96 bits per heavy atom. The monoisotopic (exact) mass is 321 g/mol. The van der Waals surface area contributed by atoms with Gasteiger partial charge in [0.25, 0.3) is 0 Å². The van der Waals surface area contributed by atoms with Gasteiger partial charge in [-0.25, -0.2) is 4.39 Å². The van der Waals surface area contributed by atoms with E-state index in [1.54, 1.807) is 29.2 Å². The van der Waals surface area contributed by atoms with Crippen LogP contribution in [0.4, 0.5) is 15.8 Å². The van der Waals surface area contributed by atoms with Crippen molar-refractivity contribution in [1.29, 1.82) is 5.26 Å². The smallest absolute Gasteiger partial charge is 0.250 e. The van der Waals surface area contributed by atoms with Crippen molar-refractivity contribution in [3.05, 3.63) is 59.4 Å². The van der Waals surface area contributed by atoms with E-state index in [-0.39, 0.29) is 17.8 Å². The first-order chi connectivity index (χ1) is 11.7. The van der Waals surface area contributed by atoms with Gasteiger partial charge in [-0.15, -0.1) is 0 Å². The summed E-state index contributed by atoms with van der Waals surface area (Å²) >= 11 is 0. The SMILES string of the molecule is N#Cc1ccc2c(c1)N(Cc1ccc(F)cc1)C(=O)[C@H]1CCCN21. The number of carbonyl (C=O) groups excluding carboxylic acids is 1. The van der Waals surface area contributed by atoms with E-state index in [0.717, 1.165) is 36.3 Å². The Kier molecular flexibility index (Phi) is 3.46. The molecule has 2 aromatic carbocycles. The van der Waals surface area contributed by atoms with Gasteiger partial charge in [0.05, 0.1) is 29.6 Å². The molecule has 4 rings (SSSR count). The Labute approximate surface area is 139 Å². The van der Waals surface area contributed by atoms with E-state index < -0.39 is 0 Å². The number of amides is 1. The van der Waals surface area contributed by atoms with Crippen LogP contribution in [-0.2, 0) is 11.3 Å². The van der Waals surface area contributed by atoms with Crippen molar-refractivity contribution in [2.75, 3.05) is 16.3 Å². The van der Waals surface area contributed by atoms with Gasteiger partial charge < -0.3 is 9.80 Å². The molecule has 2 heterocycles. The third-order valence-corrected chi connectivity index (χ3v) is 4.76. The number of hydrogen-bond acceptors (Lipinski definition) is 3. The van der Waals surface area contributed by atoms with Crippen molar-refractivity contribution < 1.29 is 9.18 Å². The minimum Gasteiger partial charge on any atom is -0.358 e. The molecule has 0 aliphatic carbocycles. The Hall–Kier alpha value is -2.87. The van der Waals surface area contributed by atoms with Crippen LogP contribution in [0.15, 0.2) is 42.5 Å². The van der Waals surface area contributed by atoms with Gasteiger partial charge in [-0.3, -0.25) is 4.79 Å². The van der Waals surface area contributed by atoms with Crippen LogP contribution in [0.25, 0.3) is 0 Å². The summed E-state index contributed by atoms with van der Waals surface area (Å²) in [5.74, 6) is -0.239. The molecule has 2 aromatic rings. The highest BCUT2D eigenvalue weighted by molar-refractivity contribution is 6.06. The molecule has 24 heavy (non-hydrogen) atoms. The molecule has 4 nitrogen and oxygen atoms in total. The van der Waals surface area contributed by atoms with E-state index in [2.05, 4.69) is 11.0 Å². The van der Waals surface area contributed by atoms with Crippen molar-refractivity contribution in [3.8, 4) is 6.07 Å². The Bertz CT molecular complexity index is 841. The maximum absolute atomic E-state index is 13.1. The molecule has 0 aromatic heterocycles. The van der Waals surface area contributed by atoms with Crippen molar-refractivity contribution in [2.24, 2.45) is 0 Å². The zero-order chi connectivity index (χ0) is 16.7. The lowest BCUT2D eigenvalue weighted by Crippen LogP contribution is -2.50. The quantitative estimate of drug-likeness (QED) is 0.853. The topological polar surface area (TPSA) is 47.3 Å². The molecule has 0 N–H and O–H groups in total. The fourth-order valence-electron chi connectivity index (χ4n) is 3.60. The number of benzene rings is 2. The Morgan fingerprint density at radius 1 is 1.17 bits per heavy atom. The highest BCUT2D eigenvalue weighted by Gasteiger charge is 2.40. The Balaban J connectivity index is 1.78. The van der Waals surface area contributed by atoms with Crippen LogP contribution in [0, 0.1) is 17.1 Å². The standard InChI is InChI=1S/C19H16FN3O/c20-15-6-3-13(4-7-15)12-23-18-10-14(11-21)5-8-16(18)22-9-1-2-17(22)19(23)24/h3-8,10,17H,1-2,9,12H2/t17-/m1/s1. The summed E-state index contributed by atoms with van der Waals surface area (Å²) in [6.07, 6.45) is 1.83. The molecule has 0 saturated carbocycles. The lowest BCUT2D eigenvalue weighted by Gasteiger charge is -2.39. The second kappa shape index (κ2) is 5.64. The van der Waals surface area contributed by atoms with Crippen LogP contribution in [0.3, 0.4) is 0 Å². The summed E-state index contributed by atoms with van der Waals surface area (Å²) < 4.78 is 13.1. The molecule has 0 unspecified atom stereocenters. The van der Waals surface area contributed by atoms with Crippen molar-refractivity contribution in [2.45, 2.75) is 25.4 Å². The predicted octanol–water partition coefficient (Wildman–Crippen LogP) is 3.21. The lowest BCUT2D eigenvalue weighted by atomic mass is 10.0. The van der Waals surface area contributed by atoms with Gasteiger partial charge in [0.2, 0.25) is 5.91 Å². The highest BCUT2D eigenvalue weighted by Crippen LogP contribution is 2.41. The zero-order valence-electron chi connectivity index (χ0n) is 13.1. The molecular weight excluding hydrogens is 305 g/mol. The second-order valence-corrected chi connectivity index (χ2v) is 6.22. The fraction of sp³-hybridized carbons (Fsp3) is 0.263. The third kappa shape index (κ3) is 2.31. The first kappa shape index (κ1) is 14.7. The predicted molar refractivity (Wildman–Crippen MR) is 89.1 cm³/mol. The van der Waals surface area contributed by atoms with Crippen LogP contribution in [0.5, 0.6) is 0 Å². The molecule has 0 spiro atoms. The second-order valence-electron chi connectivity index (χ2n) is 6.22. The molecule has 0 radical (unpaired) electrons. The molecule has 5 heteroatoms. The van der Waals surface area contributed by atoms with E-state index in [0.29, 0.717) is 12.1 Å². The van der Waals surface area contributed by atoms with Crippen molar-refractivity contribution in [3.63, 3.8) is 0 Å². The van der Waals surface area contributed by atoms with Gasteiger partial charge in [-0.1, -0.05) is 12.1 Å². The average molecular weight is 321 g/mol. The van der Waals surface area contributed by atoms with Gasteiger partial charge in [0.15, 0.2) is 0 Å². The van der Waals surface area contributed by atoms with Crippen molar-refractivity contribution >= 4 is 17.3 Å². The number of nitrogens with zero attached hydrogens (tertiary/aromatic N) is 3. The molecule has 1 amide bonds. The number of nitriles is 1. The van der Waals surface area contributed by atoms with E-state index in [4.69, 9.17) is 0 Å². The summed E-state index contributed by atoms with van der Waals surface area (Å²) in [6, 6.07) is 13.7. The van der Waals surface area contributed by atoms with Crippen LogP contribution >= 0.6 is 0 Å². The van der Waals surface area contributed by atoms with E-state index in [1.807, 2.05) is 6.07 Å². The number of fused-ring (bicyclic) bond motifs is 3. The Morgan fingerprint density at radius 3 is 2.71 bits per heavy atom. The van der Waals surface area contributed by atoms with E-state index in [1.165, 1.54) is 12.1 Å². The van der Waals surface area contributed by atoms with E-state index in [9.17, 15) is 14.4 Å². The maximum atomic E-state index is 13.1. The highest BCUT2D eigenvalue weighted by atomic mass is 19.1. The van der Waals surface area contributed by atoms with Gasteiger partial charge in [-0.05, 0) is 48.7 Å². The van der Waals surface area contributed by atoms with E-state index >= 15 is 0 Å². The normalized spacial score (nSPS) is 19.0. The van der Waals surface area contributed by atoms with Crippen LogP contribution < -0.4 is 9.80 Å². The molecule has 2 aliphatic heterocycles. The minimum atomic E-state index is -0.294. The minimum absolute atomic E-state index is 0.0550. The number of rotatable bonds is 2. The molecule has 0 bridgehead atoms. The van der Waals surface area contributed by atoms with Gasteiger partial charge >= 0.3 is 0 Å². The number of hydrogen-bond donors (Lipinski definition) is 0. The van der Waals surface area contributed by atoms with Crippen LogP contribution in [-0.4, -0.2) is 18.5 Å². The fourth-order valence-corrected chi connectivity index (χ4v) is 3.60. The average Bonchev–Trinajstić information content (AvgIpc) is 3.10. The third-order valence-electron chi connectivity index (χ3n) is 4.76. The summed E-state index contributed by atoms with van der Waals surface area (Å²) in [7, 11) is 0. The van der Waals surface area contributed by atoms with Crippen molar-refractivity contribution in [1.82, 2.24) is 0 Å². The summed E-state index contributed by atoms with van der Waals surface area (Å²) in [4.78, 5) is 16.8. The molecular formula is C19H16FN3O. The summed E-state index contributed by atoms with van der Waals surface area (Å²) in [6.45, 7) is 1.24. The zero-order valence-corrected chi connectivity index (χ0v) is 13.1. The molecule has 1 saturated heterocycles. The summed E-state index contributed by atoms with van der Waals surface area (Å²) in [5.41, 5.74) is 3.16. The number of carbonyl (C=O) groups is 1. The van der Waals surface area contributed by atoms with Gasteiger partial charge in [0, 0.05) is 6.54 Å². The molecule has 1 fully saturated rings. The first-order valence-corrected chi connectivity index (χ1v) is 8.04. The van der Waals surface area contributed by atoms with Gasteiger partial charge in [0.1, 0.15) is 11.9 Å². The van der Waals surface area contributed by atoms with Crippen LogP contribution in [0.1, 0.15) is 24.0 Å². The molecule has 2 aliphatic rings. The maximum Gasteiger partial charge on any atom is 0.250 e. The summed E-state index contributed by atoms with van der Waals surface area (Å²) in [5, 5.41) is 9.19. The number of halogens is 1. The van der Waals surface area contributed by atoms with Gasteiger partial charge in [-0.2, -0.15) is 5.26 Å². The number of anilines is 2. The molecule has 1 atom stereocenters. The van der Waals surface area contributed by atoms with Crippen LogP contribution in [0.2, 0.25) is 0 Å². The lowest BCUT2D eigenvalue weighted by molar-refractivity contribution is -0.120.